The lowest BCUT2D eigenvalue weighted by molar-refractivity contribution is 0.0694. The van der Waals surface area contributed by atoms with E-state index in [1.54, 1.807) is 18.4 Å². The Balaban J connectivity index is 2.65. The second-order valence-electron chi connectivity index (χ2n) is 6.18. The largest absolute Gasteiger partial charge is 0.478 e. The summed E-state index contributed by atoms with van der Waals surface area (Å²) in [7, 11) is 0. The normalized spacial score (nSPS) is 11.1. The quantitative estimate of drug-likeness (QED) is 0.742. The smallest absolute Gasteiger partial charge is 0.337 e. The molecule has 0 aromatic carbocycles. The average molecular weight is 293 g/mol. The lowest BCUT2D eigenvalue weighted by Crippen LogP contribution is -2.25. The van der Waals surface area contributed by atoms with Gasteiger partial charge in [0.1, 0.15) is 0 Å². The van der Waals surface area contributed by atoms with Gasteiger partial charge >= 0.3 is 5.97 Å². The first-order chi connectivity index (χ1) is 9.84. The molecule has 0 aliphatic carbocycles. The molecular formula is C17H27NO3. The van der Waals surface area contributed by atoms with Crippen molar-refractivity contribution < 1.29 is 9.90 Å². The van der Waals surface area contributed by atoms with Gasteiger partial charge in [-0.2, -0.15) is 0 Å². The van der Waals surface area contributed by atoms with Crippen LogP contribution in [-0.4, -0.2) is 15.6 Å². The van der Waals surface area contributed by atoms with Crippen LogP contribution in [-0.2, 0) is 6.54 Å². The summed E-state index contributed by atoms with van der Waals surface area (Å²) in [4.78, 5) is 23.3. The minimum absolute atomic E-state index is 0.0998. The molecule has 0 saturated heterocycles. The highest BCUT2D eigenvalue weighted by molar-refractivity contribution is 5.90. The van der Waals surface area contributed by atoms with E-state index in [4.69, 9.17) is 0 Å². The number of aromatic carboxylic acids is 1. The summed E-state index contributed by atoms with van der Waals surface area (Å²) in [6.07, 6.45) is 5.63. The molecular weight excluding hydrogens is 266 g/mol. The van der Waals surface area contributed by atoms with Gasteiger partial charge in [0.25, 0.3) is 5.56 Å². The zero-order chi connectivity index (χ0) is 16.0. The molecule has 21 heavy (non-hydrogen) atoms. The third-order valence-electron chi connectivity index (χ3n) is 3.89. The van der Waals surface area contributed by atoms with Gasteiger partial charge in [-0.05, 0) is 31.7 Å². The van der Waals surface area contributed by atoms with Crippen LogP contribution in [0.25, 0.3) is 0 Å². The lowest BCUT2D eigenvalue weighted by atomic mass is 10.0. The Labute approximate surface area is 126 Å². The van der Waals surface area contributed by atoms with E-state index in [-0.39, 0.29) is 11.1 Å². The van der Waals surface area contributed by atoms with Crippen molar-refractivity contribution in [2.75, 3.05) is 0 Å². The van der Waals surface area contributed by atoms with Crippen molar-refractivity contribution in [2.45, 2.75) is 66.3 Å². The van der Waals surface area contributed by atoms with Crippen LogP contribution < -0.4 is 5.56 Å². The molecule has 0 aliphatic heterocycles. The zero-order valence-electron chi connectivity index (χ0n) is 13.6. The van der Waals surface area contributed by atoms with E-state index in [1.165, 1.54) is 25.3 Å². The Morgan fingerprint density at radius 3 is 2.38 bits per heavy atom. The molecule has 118 valence electrons. The van der Waals surface area contributed by atoms with Crippen LogP contribution in [0.2, 0.25) is 0 Å². The van der Waals surface area contributed by atoms with E-state index >= 15 is 0 Å². The number of rotatable bonds is 8. The van der Waals surface area contributed by atoms with Gasteiger partial charge in [0, 0.05) is 18.3 Å². The van der Waals surface area contributed by atoms with Crippen molar-refractivity contribution in [1.29, 1.82) is 0 Å². The van der Waals surface area contributed by atoms with Crippen molar-refractivity contribution in [2.24, 2.45) is 5.92 Å². The van der Waals surface area contributed by atoms with Crippen molar-refractivity contribution >= 4 is 5.97 Å². The number of unbranched alkanes of at least 4 members (excludes halogenated alkanes) is 3. The maximum atomic E-state index is 12.0. The van der Waals surface area contributed by atoms with Gasteiger partial charge in [-0.15, -0.1) is 0 Å². The molecule has 0 fully saturated rings. The maximum absolute atomic E-state index is 12.0. The molecule has 4 heteroatoms. The first kappa shape index (κ1) is 17.5. The number of pyridine rings is 1. The van der Waals surface area contributed by atoms with Crippen LogP contribution in [0, 0.1) is 19.8 Å². The number of hydrogen-bond donors (Lipinski definition) is 1. The Hall–Kier alpha value is -1.58. The van der Waals surface area contributed by atoms with Crippen LogP contribution in [0.15, 0.2) is 10.9 Å². The van der Waals surface area contributed by atoms with E-state index in [2.05, 4.69) is 13.8 Å². The predicted molar refractivity (Wildman–Crippen MR) is 85.1 cm³/mol. The molecule has 1 aromatic rings. The SMILES string of the molecule is Cc1cc(=O)n(CCCCCCC(C)C)c(C)c1C(=O)O. The summed E-state index contributed by atoms with van der Waals surface area (Å²) >= 11 is 0. The highest BCUT2D eigenvalue weighted by atomic mass is 16.4. The van der Waals surface area contributed by atoms with Gasteiger partial charge in [0.05, 0.1) is 5.56 Å². The second-order valence-corrected chi connectivity index (χ2v) is 6.18. The Morgan fingerprint density at radius 2 is 1.81 bits per heavy atom. The van der Waals surface area contributed by atoms with Crippen molar-refractivity contribution in [3.63, 3.8) is 0 Å². The summed E-state index contributed by atoms with van der Waals surface area (Å²) in [6, 6.07) is 1.43. The molecule has 1 N–H and O–H groups in total. The molecule has 0 aliphatic rings. The Kier molecular flexibility index (Phi) is 6.66. The summed E-state index contributed by atoms with van der Waals surface area (Å²) in [6.45, 7) is 8.45. The molecule has 0 amide bonds. The number of aryl methyl sites for hydroxylation is 1. The molecule has 0 radical (unpaired) electrons. The average Bonchev–Trinajstić information content (AvgIpc) is 2.35. The third-order valence-corrected chi connectivity index (χ3v) is 3.89. The van der Waals surface area contributed by atoms with Crippen LogP contribution >= 0.6 is 0 Å². The third kappa shape index (κ3) is 5.03. The van der Waals surface area contributed by atoms with Gasteiger partial charge in [0.2, 0.25) is 0 Å². The predicted octanol–water partition coefficient (Wildman–Crippen LogP) is 3.77. The zero-order valence-corrected chi connectivity index (χ0v) is 13.6. The molecule has 0 atom stereocenters. The van der Waals surface area contributed by atoms with Crippen LogP contribution in [0.4, 0.5) is 0 Å². The highest BCUT2D eigenvalue weighted by Crippen LogP contribution is 2.13. The Bertz CT molecular complexity index is 544. The summed E-state index contributed by atoms with van der Waals surface area (Å²) < 4.78 is 1.60. The van der Waals surface area contributed by atoms with Gasteiger partial charge in [-0.1, -0.05) is 39.5 Å². The molecule has 1 aromatic heterocycles. The van der Waals surface area contributed by atoms with Crippen molar-refractivity contribution in [3.05, 3.63) is 33.2 Å². The number of carboxylic acids is 1. The fraction of sp³-hybridized carbons (Fsp3) is 0.647. The summed E-state index contributed by atoms with van der Waals surface area (Å²) in [5.74, 6) is -0.222. The standard InChI is InChI=1S/C17H27NO3/c1-12(2)9-7-5-6-8-10-18-14(4)16(17(20)21)13(3)11-15(18)19/h11-12H,5-10H2,1-4H3,(H,20,21). The number of aromatic nitrogens is 1. The Morgan fingerprint density at radius 1 is 1.19 bits per heavy atom. The fourth-order valence-electron chi connectivity index (χ4n) is 2.70. The van der Waals surface area contributed by atoms with Crippen molar-refractivity contribution in [3.8, 4) is 0 Å². The number of carboxylic acid groups (broad SMARTS) is 1. The summed E-state index contributed by atoms with van der Waals surface area (Å²) in [5.41, 5.74) is 1.26. The number of nitrogens with zero attached hydrogens (tertiary/aromatic N) is 1. The van der Waals surface area contributed by atoms with Crippen LogP contribution in [0.1, 0.15) is 67.6 Å². The monoisotopic (exact) mass is 293 g/mol. The molecule has 0 spiro atoms. The van der Waals surface area contributed by atoms with E-state index in [1.807, 2.05) is 0 Å². The van der Waals surface area contributed by atoms with E-state index in [9.17, 15) is 14.7 Å². The fourth-order valence-corrected chi connectivity index (χ4v) is 2.70. The molecule has 4 nitrogen and oxygen atoms in total. The van der Waals surface area contributed by atoms with Gasteiger partial charge in [-0.3, -0.25) is 4.79 Å². The van der Waals surface area contributed by atoms with E-state index in [0.29, 0.717) is 17.8 Å². The van der Waals surface area contributed by atoms with E-state index < -0.39 is 5.97 Å². The summed E-state index contributed by atoms with van der Waals surface area (Å²) in [5, 5.41) is 9.24. The lowest BCUT2D eigenvalue weighted by Gasteiger charge is -2.14. The number of hydrogen-bond acceptors (Lipinski definition) is 2. The van der Waals surface area contributed by atoms with Gasteiger partial charge in [-0.25, -0.2) is 4.79 Å². The number of carbonyl (C=O) groups is 1. The van der Waals surface area contributed by atoms with E-state index in [0.717, 1.165) is 18.8 Å². The first-order valence-electron chi connectivity index (χ1n) is 7.79. The first-order valence-corrected chi connectivity index (χ1v) is 7.79. The minimum Gasteiger partial charge on any atom is -0.478 e. The molecule has 0 bridgehead atoms. The molecule has 0 unspecified atom stereocenters. The van der Waals surface area contributed by atoms with Crippen LogP contribution in [0.5, 0.6) is 0 Å². The van der Waals surface area contributed by atoms with Crippen molar-refractivity contribution in [1.82, 2.24) is 4.57 Å². The molecule has 1 rings (SSSR count). The topological polar surface area (TPSA) is 59.3 Å². The van der Waals surface area contributed by atoms with Crippen LogP contribution in [0.3, 0.4) is 0 Å². The van der Waals surface area contributed by atoms with Gasteiger partial charge in [0.15, 0.2) is 0 Å². The minimum atomic E-state index is -0.962. The second kappa shape index (κ2) is 8.01. The molecule has 1 heterocycles. The van der Waals surface area contributed by atoms with Gasteiger partial charge < -0.3 is 9.67 Å². The molecule has 0 saturated carbocycles. The maximum Gasteiger partial charge on any atom is 0.337 e. The highest BCUT2D eigenvalue weighted by Gasteiger charge is 2.15.